The van der Waals surface area contributed by atoms with Crippen molar-refractivity contribution in [2.24, 2.45) is 18.5 Å². The molecular weight excluding hydrogens is 375 g/mol. The first-order chi connectivity index (χ1) is 13.9. The molecule has 2 aromatic heterocycles. The number of imidazole rings is 1. The largest absolute Gasteiger partial charge is 0.497 e. The number of anilines is 2. The van der Waals surface area contributed by atoms with Crippen LogP contribution >= 0.6 is 0 Å². The Balaban J connectivity index is 1.84. The van der Waals surface area contributed by atoms with E-state index in [2.05, 4.69) is 15.0 Å². The van der Waals surface area contributed by atoms with Crippen LogP contribution in [-0.4, -0.2) is 32.9 Å². The van der Waals surface area contributed by atoms with E-state index in [0.29, 0.717) is 17.4 Å². The second kappa shape index (κ2) is 7.30. The Bertz CT molecular complexity index is 1010. The molecule has 0 fully saturated rings. The topological polar surface area (TPSA) is 111 Å². The van der Waals surface area contributed by atoms with Crippen molar-refractivity contribution >= 4 is 11.5 Å². The van der Waals surface area contributed by atoms with Crippen molar-refractivity contribution in [3.05, 3.63) is 60.3 Å². The number of rotatable bonds is 4. The summed E-state index contributed by atoms with van der Waals surface area (Å²) in [6.45, 7) is 1.91. The fraction of sp³-hybridized carbons (Fsp3) is 0.316. The SMILES string of the molecule is COc1ccc2c(c1)N([C@@H](C)c1ncc(F)cn1)C(N)N(c1cn(C)cn1)C2N. The van der Waals surface area contributed by atoms with Crippen LogP contribution in [0.2, 0.25) is 0 Å². The highest BCUT2D eigenvalue weighted by molar-refractivity contribution is 5.66. The van der Waals surface area contributed by atoms with Crippen molar-refractivity contribution in [1.29, 1.82) is 0 Å². The molecule has 29 heavy (non-hydrogen) atoms. The Labute approximate surface area is 167 Å². The number of aromatic nitrogens is 4. The van der Waals surface area contributed by atoms with Gasteiger partial charge in [-0.05, 0) is 19.1 Å². The lowest BCUT2D eigenvalue weighted by Gasteiger charge is -2.49. The van der Waals surface area contributed by atoms with Gasteiger partial charge in [0.15, 0.2) is 23.7 Å². The van der Waals surface area contributed by atoms with E-state index in [4.69, 9.17) is 16.2 Å². The minimum atomic E-state index is -0.664. The monoisotopic (exact) mass is 398 g/mol. The number of methoxy groups -OCH3 is 1. The molecule has 0 saturated heterocycles. The number of hydrogen-bond acceptors (Lipinski definition) is 8. The summed E-state index contributed by atoms with van der Waals surface area (Å²) < 4.78 is 20.6. The molecule has 10 heteroatoms. The predicted octanol–water partition coefficient (Wildman–Crippen LogP) is 1.65. The Morgan fingerprint density at radius 1 is 1.17 bits per heavy atom. The van der Waals surface area contributed by atoms with E-state index < -0.39 is 18.3 Å². The Hall–Kier alpha value is -3.24. The van der Waals surface area contributed by atoms with E-state index in [-0.39, 0.29) is 6.04 Å². The number of ether oxygens (including phenoxy) is 1. The predicted molar refractivity (Wildman–Crippen MR) is 106 cm³/mol. The van der Waals surface area contributed by atoms with Gasteiger partial charge in [-0.3, -0.25) is 5.73 Å². The Kier molecular flexibility index (Phi) is 4.81. The van der Waals surface area contributed by atoms with Crippen LogP contribution in [0.3, 0.4) is 0 Å². The van der Waals surface area contributed by atoms with Gasteiger partial charge in [-0.2, -0.15) is 0 Å². The second-order valence-corrected chi connectivity index (χ2v) is 6.93. The number of fused-ring (bicyclic) bond motifs is 1. The molecule has 0 saturated carbocycles. The van der Waals surface area contributed by atoms with E-state index in [9.17, 15) is 4.39 Å². The molecule has 0 amide bonds. The van der Waals surface area contributed by atoms with Crippen LogP contribution < -0.4 is 26.0 Å². The van der Waals surface area contributed by atoms with Crippen molar-refractivity contribution in [2.75, 3.05) is 16.9 Å². The molecule has 3 heterocycles. The van der Waals surface area contributed by atoms with Gasteiger partial charge in [0, 0.05) is 24.9 Å². The molecule has 2 unspecified atom stereocenters. The summed E-state index contributed by atoms with van der Waals surface area (Å²) in [6.07, 6.45) is 4.65. The number of aryl methyl sites for hydroxylation is 1. The highest BCUT2D eigenvalue weighted by atomic mass is 19.1. The van der Waals surface area contributed by atoms with Gasteiger partial charge in [0.05, 0.1) is 37.6 Å². The smallest absolute Gasteiger partial charge is 0.159 e. The fourth-order valence-electron chi connectivity index (χ4n) is 3.63. The summed E-state index contributed by atoms with van der Waals surface area (Å²) in [5, 5.41) is 0. The third-order valence-electron chi connectivity index (χ3n) is 5.09. The molecule has 1 aliphatic rings. The summed E-state index contributed by atoms with van der Waals surface area (Å²) in [5.41, 5.74) is 14.9. The second-order valence-electron chi connectivity index (χ2n) is 6.93. The maximum Gasteiger partial charge on any atom is 0.159 e. The summed E-state index contributed by atoms with van der Waals surface area (Å²) in [4.78, 5) is 16.5. The first-order valence-corrected chi connectivity index (χ1v) is 9.12. The average molecular weight is 398 g/mol. The van der Waals surface area contributed by atoms with Gasteiger partial charge in [0.1, 0.15) is 11.9 Å². The van der Waals surface area contributed by atoms with Crippen LogP contribution in [0, 0.1) is 5.82 Å². The standard InChI is InChI=1S/C19H23FN8O/c1-11(18-23-7-12(20)8-24-18)27-15-6-13(29-3)4-5-14(15)17(21)28(19(27)22)16-9-26(2)10-25-16/h4-11,17,19H,21-22H2,1-3H3/t11-,17?,19?/m0/s1. The lowest BCUT2D eigenvalue weighted by molar-refractivity contribution is 0.409. The molecule has 1 aromatic carbocycles. The van der Waals surface area contributed by atoms with Gasteiger partial charge in [0.2, 0.25) is 0 Å². The van der Waals surface area contributed by atoms with Crippen molar-refractivity contribution in [3.8, 4) is 5.75 Å². The minimum absolute atomic E-state index is 0.366. The lowest BCUT2D eigenvalue weighted by Crippen LogP contribution is -2.61. The van der Waals surface area contributed by atoms with Crippen molar-refractivity contribution in [2.45, 2.75) is 25.4 Å². The third-order valence-corrected chi connectivity index (χ3v) is 5.09. The van der Waals surface area contributed by atoms with Crippen LogP contribution in [0.5, 0.6) is 5.75 Å². The van der Waals surface area contributed by atoms with E-state index >= 15 is 0 Å². The Morgan fingerprint density at radius 3 is 2.52 bits per heavy atom. The molecule has 0 radical (unpaired) electrons. The molecule has 0 aliphatic carbocycles. The Morgan fingerprint density at radius 2 is 1.90 bits per heavy atom. The zero-order valence-corrected chi connectivity index (χ0v) is 16.4. The maximum absolute atomic E-state index is 13.3. The minimum Gasteiger partial charge on any atom is -0.497 e. The first-order valence-electron chi connectivity index (χ1n) is 9.12. The average Bonchev–Trinajstić information content (AvgIpc) is 3.13. The van der Waals surface area contributed by atoms with Gasteiger partial charge in [-0.15, -0.1) is 0 Å². The van der Waals surface area contributed by atoms with Crippen molar-refractivity contribution < 1.29 is 9.13 Å². The van der Waals surface area contributed by atoms with E-state index in [1.165, 1.54) is 0 Å². The van der Waals surface area contributed by atoms with E-state index in [0.717, 1.165) is 23.6 Å². The first kappa shape index (κ1) is 19.1. The molecule has 152 valence electrons. The maximum atomic E-state index is 13.3. The molecule has 4 rings (SSSR count). The molecule has 3 atom stereocenters. The van der Waals surface area contributed by atoms with Crippen LogP contribution in [0.25, 0.3) is 0 Å². The number of benzene rings is 1. The number of hydrogen-bond donors (Lipinski definition) is 2. The molecule has 0 bridgehead atoms. The van der Waals surface area contributed by atoms with Gasteiger partial charge in [-0.1, -0.05) is 0 Å². The molecular formula is C19H23FN8O. The number of nitrogens with two attached hydrogens (primary N) is 2. The van der Waals surface area contributed by atoms with Crippen molar-refractivity contribution in [3.63, 3.8) is 0 Å². The van der Waals surface area contributed by atoms with Crippen LogP contribution in [0.4, 0.5) is 15.9 Å². The van der Waals surface area contributed by atoms with Gasteiger partial charge < -0.3 is 24.8 Å². The summed E-state index contributed by atoms with van der Waals surface area (Å²) in [6, 6.07) is 5.27. The molecule has 3 aromatic rings. The lowest BCUT2D eigenvalue weighted by atomic mass is 10.0. The highest BCUT2D eigenvalue weighted by Gasteiger charge is 2.40. The van der Waals surface area contributed by atoms with E-state index in [1.807, 2.05) is 52.7 Å². The quantitative estimate of drug-likeness (QED) is 0.682. The fourth-order valence-corrected chi connectivity index (χ4v) is 3.63. The third kappa shape index (κ3) is 3.26. The van der Waals surface area contributed by atoms with Crippen molar-refractivity contribution in [1.82, 2.24) is 19.5 Å². The van der Waals surface area contributed by atoms with Crippen LogP contribution in [-0.2, 0) is 7.05 Å². The number of halogens is 1. The molecule has 1 aliphatic heterocycles. The summed E-state index contributed by atoms with van der Waals surface area (Å²) in [5.74, 6) is 1.26. The normalized spacial score (nSPS) is 19.8. The number of nitrogens with zero attached hydrogens (tertiary/aromatic N) is 6. The molecule has 9 nitrogen and oxygen atoms in total. The highest BCUT2D eigenvalue weighted by Crippen LogP contribution is 2.42. The van der Waals surface area contributed by atoms with E-state index in [1.54, 1.807) is 13.4 Å². The summed E-state index contributed by atoms with van der Waals surface area (Å²) in [7, 11) is 3.48. The summed E-state index contributed by atoms with van der Waals surface area (Å²) >= 11 is 0. The van der Waals surface area contributed by atoms with Gasteiger partial charge >= 0.3 is 0 Å². The van der Waals surface area contributed by atoms with Crippen LogP contribution in [0.15, 0.2) is 43.1 Å². The van der Waals surface area contributed by atoms with Crippen LogP contribution in [0.1, 0.15) is 30.5 Å². The zero-order valence-electron chi connectivity index (χ0n) is 16.4. The molecule has 4 N–H and O–H groups in total. The molecule has 0 spiro atoms. The zero-order chi connectivity index (χ0) is 20.7. The van der Waals surface area contributed by atoms with Gasteiger partial charge in [0.25, 0.3) is 0 Å². The van der Waals surface area contributed by atoms with Gasteiger partial charge in [-0.25, -0.2) is 19.3 Å².